The quantitative estimate of drug-likeness (QED) is 0.220. The zero-order valence-corrected chi connectivity index (χ0v) is 21.4. The van der Waals surface area contributed by atoms with Crippen LogP contribution in [0.3, 0.4) is 0 Å². The van der Waals surface area contributed by atoms with Crippen LogP contribution in [0.2, 0.25) is 0 Å². The minimum absolute atomic E-state index is 0.00494. The number of hydrogen-bond acceptors (Lipinski definition) is 4. The molecule has 5 nitrogen and oxygen atoms in total. The Kier molecular flexibility index (Phi) is 7.82. The SMILES string of the molecule is CC(C)[C@@H](c1nnnn1C(c1ccccc1)c1ccccc1)N(Cc1ccccc1)Cc1ccccc1. The molecule has 0 aliphatic heterocycles. The number of aromatic nitrogens is 4. The van der Waals surface area contributed by atoms with Crippen molar-refractivity contribution in [1.82, 2.24) is 25.1 Å². The van der Waals surface area contributed by atoms with E-state index in [9.17, 15) is 0 Å². The van der Waals surface area contributed by atoms with Crippen molar-refractivity contribution in [3.05, 3.63) is 149 Å². The molecular formula is C32H33N5. The van der Waals surface area contributed by atoms with E-state index in [1.807, 2.05) is 16.8 Å². The molecule has 1 atom stereocenters. The Balaban J connectivity index is 1.60. The largest absolute Gasteiger partial charge is 0.285 e. The van der Waals surface area contributed by atoms with E-state index < -0.39 is 0 Å². The Labute approximate surface area is 219 Å². The second-order valence-corrected chi connectivity index (χ2v) is 9.77. The van der Waals surface area contributed by atoms with Gasteiger partial charge in [0.05, 0.1) is 6.04 Å². The number of tetrazole rings is 1. The molecule has 0 amide bonds. The third kappa shape index (κ3) is 5.84. The van der Waals surface area contributed by atoms with Crippen LogP contribution >= 0.6 is 0 Å². The van der Waals surface area contributed by atoms with E-state index >= 15 is 0 Å². The van der Waals surface area contributed by atoms with E-state index in [0.717, 1.165) is 30.0 Å². The number of benzene rings is 4. The van der Waals surface area contributed by atoms with Crippen molar-refractivity contribution in [1.29, 1.82) is 0 Å². The highest BCUT2D eigenvalue weighted by Gasteiger charge is 2.32. The van der Waals surface area contributed by atoms with Gasteiger partial charge in [0.15, 0.2) is 5.82 Å². The van der Waals surface area contributed by atoms with Gasteiger partial charge < -0.3 is 0 Å². The molecule has 0 aliphatic carbocycles. The van der Waals surface area contributed by atoms with Crippen molar-refractivity contribution in [2.75, 3.05) is 0 Å². The molecule has 37 heavy (non-hydrogen) atoms. The van der Waals surface area contributed by atoms with Crippen molar-refractivity contribution in [2.45, 2.75) is 39.0 Å². The monoisotopic (exact) mass is 487 g/mol. The molecule has 0 radical (unpaired) electrons. The van der Waals surface area contributed by atoms with Crippen molar-refractivity contribution in [2.24, 2.45) is 5.92 Å². The summed E-state index contributed by atoms with van der Waals surface area (Å²) >= 11 is 0. The van der Waals surface area contributed by atoms with Gasteiger partial charge in [-0.05, 0) is 38.6 Å². The Hall–Kier alpha value is -4.09. The fourth-order valence-electron chi connectivity index (χ4n) is 5.10. The summed E-state index contributed by atoms with van der Waals surface area (Å²) in [5, 5.41) is 13.5. The normalized spacial score (nSPS) is 12.4. The van der Waals surface area contributed by atoms with Crippen molar-refractivity contribution < 1.29 is 0 Å². The summed E-state index contributed by atoms with van der Waals surface area (Å²) in [5.41, 5.74) is 4.85. The van der Waals surface area contributed by atoms with Crippen LogP contribution in [0.1, 0.15) is 54.0 Å². The van der Waals surface area contributed by atoms with Gasteiger partial charge in [0.2, 0.25) is 0 Å². The van der Waals surface area contributed by atoms with Crippen LogP contribution in [-0.4, -0.2) is 25.1 Å². The van der Waals surface area contributed by atoms with Gasteiger partial charge in [-0.2, -0.15) is 0 Å². The van der Waals surface area contributed by atoms with E-state index in [2.05, 4.69) is 143 Å². The summed E-state index contributed by atoms with van der Waals surface area (Å²) in [4.78, 5) is 2.50. The van der Waals surface area contributed by atoms with Gasteiger partial charge in [-0.3, -0.25) is 4.90 Å². The number of rotatable bonds is 10. The van der Waals surface area contributed by atoms with Crippen molar-refractivity contribution in [3.8, 4) is 0 Å². The third-order valence-electron chi connectivity index (χ3n) is 6.74. The Morgan fingerprint density at radius 3 is 1.49 bits per heavy atom. The summed E-state index contributed by atoms with van der Waals surface area (Å²) in [6.45, 7) is 6.11. The molecule has 1 heterocycles. The second-order valence-electron chi connectivity index (χ2n) is 9.77. The van der Waals surface area contributed by atoms with Crippen LogP contribution in [0.5, 0.6) is 0 Å². The van der Waals surface area contributed by atoms with Gasteiger partial charge in [0.1, 0.15) is 6.04 Å². The van der Waals surface area contributed by atoms with Crippen LogP contribution in [0.15, 0.2) is 121 Å². The molecule has 0 saturated heterocycles. The van der Waals surface area contributed by atoms with Crippen LogP contribution in [0.25, 0.3) is 0 Å². The van der Waals surface area contributed by atoms with E-state index in [-0.39, 0.29) is 18.0 Å². The van der Waals surface area contributed by atoms with Crippen LogP contribution in [0.4, 0.5) is 0 Å². The maximum Gasteiger partial charge on any atom is 0.169 e. The van der Waals surface area contributed by atoms with Crippen LogP contribution in [-0.2, 0) is 13.1 Å². The standard InChI is InChI=1S/C32H33N5/c1-25(2)30(36(23-26-15-7-3-8-16-26)24-27-17-9-4-10-18-27)32-33-34-35-37(32)31(28-19-11-5-12-20-28)29-21-13-6-14-22-29/h3-22,25,30-31H,23-24H2,1-2H3/t30-/m0/s1. The van der Waals surface area contributed by atoms with Crippen molar-refractivity contribution >= 4 is 0 Å². The predicted octanol–water partition coefficient (Wildman–Crippen LogP) is 6.71. The lowest BCUT2D eigenvalue weighted by molar-refractivity contribution is 0.125. The molecule has 0 unspecified atom stereocenters. The first-order chi connectivity index (χ1) is 18.2. The molecule has 5 rings (SSSR count). The van der Waals surface area contributed by atoms with E-state index in [4.69, 9.17) is 0 Å². The molecule has 0 N–H and O–H groups in total. The highest BCUT2D eigenvalue weighted by atomic mass is 15.6. The van der Waals surface area contributed by atoms with E-state index in [1.165, 1.54) is 11.1 Å². The Morgan fingerprint density at radius 1 is 0.622 bits per heavy atom. The maximum atomic E-state index is 4.67. The van der Waals surface area contributed by atoms with Crippen LogP contribution in [0, 0.1) is 5.92 Å². The number of nitrogens with zero attached hydrogens (tertiary/aromatic N) is 5. The molecular weight excluding hydrogens is 454 g/mol. The lowest BCUT2D eigenvalue weighted by Crippen LogP contribution is -2.34. The highest BCUT2D eigenvalue weighted by Crippen LogP contribution is 2.34. The van der Waals surface area contributed by atoms with E-state index in [0.29, 0.717) is 0 Å². The molecule has 5 aromatic rings. The molecule has 186 valence electrons. The number of hydrogen-bond donors (Lipinski definition) is 0. The third-order valence-corrected chi connectivity index (χ3v) is 6.74. The molecule has 5 heteroatoms. The Morgan fingerprint density at radius 2 is 1.05 bits per heavy atom. The maximum absolute atomic E-state index is 4.67. The van der Waals surface area contributed by atoms with Crippen molar-refractivity contribution in [3.63, 3.8) is 0 Å². The summed E-state index contributed by atoms with van der Waals surface area (Å²) in [7, 11) is 0. The van der Waals surface area contributed by atoms with E-state index in [1.54, 1.807) is 0 Å². The van der Waals surface area contributed by atoms with Gasteiger partial charge in [-0.25, -0.2) is 4.68 Å². The fraction of sp³-hybridized carbons (Fsp3) is 0.219. The molecule has 0 fully saturated rings. The zero-order valence-electron chi connectivity index (χ0n) is 21.4. The van der Waals surface area contributed by atoms with Gasteiger partial charge in [0, 0.05) is 13.1 Å². The predicted molar refractivity (Wildman–Crippen MR) is 148 cm³/mol. The first-order valence-corrected chi connectivity index (χ1v) is 12.9. The van der Waals surface area contributed by atoms with Gasteiger partial charge >= 0.3 is 0 Å². The molecule has 4 aromatic carbocycles. The summed E-state index contributed by atoms with van der Waals surface area (Å²) < 4.78 is 2.03. The smallest absolute Gasteiger partial charge is 0.169 e. The molecule has 0 aliphatic rings. The lowest BCUT2D eigenvalue weighted by atomic mass is 9.96. The summed E-state index contributed by atoms with van der Waals surface area (Å²) in [5.74, 6) is 1.16. The zero-order chi connectivity index (χ0) is 25.5. The van der Waals surface area contributed by atoms with Crippen LogP contribution < -0.4 is 0 Å². The van der Waals surface area contributed by atoms with Gasteiger partial charge in [0.25, 0.3) is 0 Å². The molecule has 0 saturated carbocycles. The fourth-order valence-corrected chi connectivity index (χ4v) is 5.10. The topological polar surface area (TPSA) is 46.8 Å². The average molecular weight is 488 g/mol. The second kappa shape index (κ2) is 11.8. The van der Waals surface area contributed by atoms with Gasteiger partial charge in [-0.15, -0.1) is 5.10 Å². The first-order valence-electron chi connectivity index (χ1n) is 12.9. The average Bonchev–Trinajstić information content (AvgIpc) is 3.39. The summed E-state index contributed by atoms with van der Waals surface area (Å²) in [6.07, 6.45) is 0. The lowest BCUT2D eigenvalue weighted by Gasteiger charge is -2.34. The molecule has 1 aromatic heterocycles. The van der Waals surface area contributed by atoms with Gasteiger partial charge in [-0.1, -0.05) is 135 Å². The summed E-state index contributed by atoms with van der Waals surface area (Å²) in [6, 6.07) is 42.2. The minimum Gasteiger partial charge on any atom is -0.285 e. The molecule has 0 bridgehead atoms. The Bertz CT molecular complexity index is 1270. The molecule has 0 spiro atoms. The first kappa shape index (κ1) is 24.6. The highest BCUT2D eigenvalue weighted by molar-refractivity contribution is 5.33. The minimum atomic E-state index is -0.121.